The van der Waals surface area contributed by atoms with Crippen LogP contribution in [0, 0.1) is 0 Å². The average Bonchev–Trinajstić information content (AvgIpc) is 2.31. The van der Waals surface area contributed by atoms with Crippen LogP contribution < -0.4 is 5.73 Å². The van der Waals surface area contributed by atoms with Crippen molar-refractivity contribution in [1.29, 1.82) is 0 Å². The Morgan fingerprint density at radius 3 is 2.38 bits per heavy atom. The molecule has 88 valence electrons. The number of benzene rings is 1. The summed E-state index contributed by atoms with van der Waals surface area (Å²) < 4.78 is 5.70. The zero-order chi connectivity index (χ0) is 12.0. The van der Waals surface area contributed by atoms with E-state index >= 15 is 0 Å². The topological polar surface area (TPSA) is 52.3 Å². The third kappa shape index (κ3) is 2.42. The van der Waals surface area contributed by atoms with Gasteiger partial charge in [0, 0.05) is 6.61 Å². The van der Waals surface area contributed by atoms with Crippen molar-refractivity contribution >= 4 is 5.91 Å². The van der Waals surface area contributed by atoms with Crippen molar-refractivity contribution in [3.8, 4) is 0 Å². The molecule has 3 nitrogen and oxygen atoms in total. The lowest BCUT2D eigenvalue weighted by Gasteiger charge is -2.30. The number of nitrogens with two attached hydrogens (primary N) is 1. The average molecular weight is 221 g/mol. The summed E-state index contributed by atoms with van der Waals surface area (Å²) in [6, 6.07) is 9.44. The maximum Gasteiger partial charge on any atom is 0.254 e. The van der Waals surface area contributed by atoms with Crippen LogP contribution in [0.5, 0.6) is 0 Å². The highest BCUT2D eigenvalue weighted by atomic mass is 16.5. The van der Waals surface area contributed by atoms with Gasteiger partial charge in [0.25, 0.3) is 5.91 Å². The number of rotatable bonds is 6. The Kier molecular flexibility index (Phi) is 4.50. The van der Waals surface area contributed by atoms with E-state index in [2.05, 4.69) is 0 Å². The summed E-state index contributed by atoms with van der Waals surface area (Å²) in [5, 5.41) is 0. The molecule has 0 aliphatic heterocycles. The van der Waals surface area contributed by atoms with E-state index in [4.69, 9.17) is 10.5 Å². The molecule has 0 radical (unpaired) electrons. The number of hydrogen-bond donors (Lipinski definition) is 1. The van der Waals surface area contributed by atoms with E-state index < -0.39 is 11.5 Å². The van der Waals surface area contributed by atoms with Crippen LogP contribution in [0.25, 0.3) is 0 Å². The molecule has 0 spiro atoms. The molecule has 1 aromatic carbocycles. The third-order valence-corrected chi connectivity index (χ3v) is 2.69. The van der Waals surface area contributed by atoms with Crippen molar-refractivity contribution in [2.24, 2.45) is 5.73 Å². The van der Waals surface area contributed by atoms with Crippen LogP contribution in [0.1, 0.15) is 32.3 Å². The Morgan fingerprint density at radius 2 is 1.94 bits per heavy atom. The molecule has 0 fully saturated rings. The minimum absolute atomic E-state index is 0.422. The zero-order valence-electron chi connectivity index (χ0n) is 9.90. The van der Waals surface area contributed by atoms with Crippen molar-refractivity contribution in [3.05, 3.63) is 35.9 Å². The minimum Gasteiger partial charge on any atom is -0.367 e. The molecule has 1 unspecified atom stereocenters. The summed E-state index contributed by atoms with van der Waals surface area (Å²) >= 11 is 0. The Balaban J connectivity index is 3.07. The largest absolute Gasteiger partial charge is 0.367 e. The first-order valence-electron chi connectivity index (χ1n) is 5.66. The number of amides is 1. The number of hydrogen-bond acceptors (Lipinski definition) is 2. The van der Waals surface area contributed by atoms with Crippen molar-refractivity contribution in [1.82, 2.24) is 0 Å². The molecule has 16 heavy (non-hydrogen) atoms. The molecule has 1 rings (SSSR count). The van der Waals surface area contributed by atoms with Gasteiger partial charge in [0.15, 0.2) is 5.60 Å². The molecular formula is C13H19NO2. The Morgan fingerprint density at radius 1 is 1.31 bits per heavy atom. The highest BCUT2D eigenvalue weighted by Crippen LogP contribution is 2.29. The van der Waals surface area contributed by atoms with Crippen molar-refractivity contribution in [2.75, 3.05) is 6.61 Å². The fraction of sp³-hybridized carbons (Fsp3) is 0.462. The van der Waals surface area contributed by atoms with Crippen LogP contribution >= 0.6 is 0 Å². The molecule has 0 bridgehead atoms. The number of carbonyl (C=O) groups excluding carboxylic acids is 1. The lowest BCUT2D eigenvalue weighted by molar-refractivity contribution is -0.146. The second kappa shape index (κ2) is 5.66. The molecule has 0 aliphatic carbocycles. The van der Waals surface area contributed by atoms with Gasteiger partial charge in [0.2, 0.25) is 0 Å². The van der Waals surface area contributed by atoms with Gasteiger partial charge in [-0.15, -0.1) is 0 Å². The summed E-state index contributed by atoms with van der Waals surface area (Å²) in [6.07, 6.45) is 1.41. The van der Waals surface area contributed by atoms with Gasteiger partial charge in [0.1, 0.15) is 0 Å². The van der Waals surface area contributed by atoms with E-state index in [0.29, 0.717) is 13.0 Å². The Labute approximate surface area is 96.6 Å². The summed E-state index contributed by atoms with van der Waals surface area (Å²) in [7, 11) is 0. The predicted octanol–water partition coefficient (Wildman–Crippen LogP) is 2.20. The number of carbonyl (C=O) groups is 1. The molecule has 0 heterocycles. The van der Waals surface area contributed by atoms with Gasteiger partial charge in [-0.1, -0.05) is 44.2 Å². The summed E-state index contributed by atoms with van der Waals surface area (Å²) in [6.45, 7) is 4.45. The standard InChI is InChI=1S/C13H19NO2/c1-3-10-16-13(4-2,12(14)15)11-8-6-5-7-9-11/h5-9H,3-4,10H2,1-2H3,(H2,14,15). The second-order valence-corrected chi connectivity index (χ2v) is 3.76. The van der Waals surface area contributed by atoms with Crippen molar-refractivity contribution in [3.63, 3.8) is 0 Å². The Bertz CT molecular complexity index is 337. The normalized spacial score (nSPS) is 14.4. The number of primary amides is 1. The SMILES string of the molecule is CCCOC(CC)(C(N)=O)c1ccccc1. The van der Waals surface area contributed by atoms with E-state index in [1.807, 2.05) is 44.2 Å². The first-order chi connectivity index (χ1) is 7.67. The van der Waals surface area contributed by atoms with Gasteiger partial charge in [-0.25, -0.2) is 0 Å². The summed E-state index contributed by atoms with van der Waals surface area (Å²) in [5.41, 5.74) is 5.35. The molecule has 1 aromatic rings. The minimum atomic E-state index is -0.975. The lowest BCUT2D eigenvalue weighted by Crippen LogP contribution is -2.43. The van der Waals surface area contributed by atoms with E-state index in [1.54, 1.807) is 0 Å². The van der Waals surface area contributed by atoms with E-state index in [0.717, 1.165) is 12.0 Å². The van der Waals surface area contributed by atoms with Crippen molar-refractivity contribution in [2.45, 2.75) is 32.3 Å². The van der Waals surface area contributed by atoms with Crippen LogP contribution in [-0.2, 0) is 15.1 Å². The van der Waals surface area contributed by atoms with Gasteiger partial charge < -0.3 is 10.5 Å². The molecule has 1 atom stereocenters. The molecule has 0 saturated heterocycles. The third-order valence-electron chi connectivity index (χ3n) is 2.69. The predicted molar refractivity (Wildman–Crippen MR) is 63.8 cm³/mol. The monoisotopic (exact) mass is 221 g/mol. The molecule has 0 aliphatic rings. The lowest BCUT2D eigenvalue weighted by atomic mass is 9.90. The van der Waals surface area contributed by atoms with Gasteiger partial charge in [-0.05, 0) is 18.4 Å². The van der Waals surface area contributed by atoms with Crippen LogP contribution in [0.2, 0.25) is 0 Å². The zero-order valence-corrected chi connectivity index (χ0v) is 9.90. The molecule has 3 heteroatoms. The molecule has 0 saturated carbocycles. The maximum absolute atomic E-state index is 11.7. The fourth-order valence-electron chi connectivity index (χ4n) is 1.76. The maximum atomic E-state index is 11.7. The van der Waals surface area contributed by atoms with E-state index in [1.165, 1.54) is 0 Å². The first kappa shape index (κ1) is 12.7. The van der Waals surface area contributed by atoms with Crippen molar-refractivity contribution < 1.29 is 9.53 Å². The van der Waals surface area contributed by atoms with E-state index in [-0.39, 0.29) is 0 Å². The van der Waals surface area contributed by atoms with Crippen LogP contribution in [0.4, 0.5) is 0 Å². The van der Waals surface area contributed by atoms with Crippen LogP contribution in [0.15, 0.2) is 30.3 Å². The molecule has 0 aromatic heterocycles. The quantitative estimate of drug-likeness (QED) is 0.800. The molecule has 1 amide bonds. The smallest absolute Gasteiger partial charge is 0.254 e. The second-order valence-electron chi connectivity index (χ2n) is 3.76. The van der Waals surface area contributed by atoms with Gasteiger partial charge in [-0.2, -0.15) is 0 Å². The first-order valence-corrected chi connectivity index (χ1v) is 5.66. The highest BCUT2D eigenvalue weighted by molar-refractivity contribution is 5.85. The molecule has 2 N–H and O–H groups in total. The summed E-state index contributed by atoms with van der Waals surface area (Å²) in [4.78, 5) is 11.7. The van der Waals surface area contributed by atoms with Crippen LogP contribution in [0.3, 0.4) is 0 Å². The molecular weight excluding hydrogens is 202 g/mol. The van der Waals surface area contributed by atoms with Crippen LogP contribution in [-0.4, -0.2) is 12.5 Å². The highest BCUT2D eigenvalue weighted by Gasteiger charge is 2.37. The van der Waals surface area contributed by atoms with Gasteiger partial charge in [0.05, 0.1) is 0 Å². The fourth-order valence-corrected chi connectivity index (χ4v) is 1.76. The van der Waals surface area contributed by atoms with E-state index in [9.17, 15) is 4.79 Å². The Hall–Kier alpha value is -1.35. The number of ether oxygens (including phenoxy) is 1. The van der Waals surface area contributed by atoms with Gasteiger partial charge in [-0.3, -0.25) is 4.79 Å². The summed E-state index contributed by atoms with van der Waals surface area (Å²) in [5.74, 6) is -0.422. The van der Waals surface area contributed by atoms with Gasteiger partial charge >= 0.3 is 0 Å².